The van der Waals surface area contributed by atoms with Crippen LogP contribution in [0.25, 0.3) is 0 Å². The number of likely N-dealkylation sites (tertiary alicyclic amines) is 1. The van der Waals surface area contributed by atoms with Gasteiger partial charge in [-0.25, -0.2) is 0 Å². The highest BCUT2D eigenvalue weighted by molar-refractivity contribution is 5.97. The van der Waals surface area contributed by atoms with Crippen LogP contribution in [0.4, 0.5) is 5.69 Å². The minimum Gasteiger partial charge on any atom is -0.480 e. The van der Waals surface area contributed by atoms with Crippen LogP contribution in [0.5, 0.6) is 0 Å². The second-order valence-corrected chi connectivity index (χ2v) is 5.14. The molecule has 0 aromatic heterocycles. The van der Waals surface area contributed by atoms with Gasteiger partial charge >= 0.3 is 5.97 Å². The maximum absolute atomic E-state index is 12.4. The first kappa shape index (κ1) is 14.9. The molecular weight excluding hydrogens is 278 g/mol. The van der Waals surface area contributed by atoms with Gasteiger partial charge in [0.15, 0.2) is 0 Å². The van der Waals surface area contributed by atoms with Gasteiger partial charge in [-0.05, 0) is 19.4 Å². The van der Waals surface area contributed by atoms with Crippen molar-refractivity contribution in [1.82, 2.24) is 4.90 Å². The van der Waals surface area contributed by atoms with Crippen molar-refractivity contribution in [2.24, 2.45) is 5.73 Å². The van der Waals surface area contributed by atoms with Crippen LogP contribution in [0.2, 0.25) is 0 Å². The van der Waals surface area contributed by atoms with E-state index in [2.05, 4.69) is 0 Å². The van der Waals surface area contributed by atoms with Crippen molar-refractivity contribution in [3.05, 3.63) is 39.4 Å². The number of amides is 1. The minimum atomic E-state index is -1.45. The fourth-order valence-corrected chi connectivity index (χ4v) is 2.40. The molecule has 1 aliphatic rings. The molecule has 2 rings (SSSR count). The van der Waals surface area contributed by atoms with Gasteiger partial charge in [0.25, 0.3) is 11.6 Å². The van der Waals surface area contributed by atoms with E-state index in [0.717, 1.165) is 0 Å². The maximum Gasteiger partial charge on any atom is 0.325 e. The van der Waals surface area contributed by atoms with E-state index in [0.29, 0.717) is 0 Å². The summed E-state index contributed by atoms with van der Waals surface area (Å²) >= 11 is 0. The Morgan fingerprint density at radius 3 is 2.67 bits per heavy atom. The number of carboxylic acids is 1. The predicted molar refractivity (Wildman–Crippen MR) is 72.9 cm³/mol. The molecule has 0 radical (unpaired) electrons. The summed E-state index contributed by atoms with van der Waals surface area (Å²) in [5.41, 5.74) is 4.58. The quantitative estimate of drug-likeness (QED) is 0.618. The molecular formula is C13H15N3O5. The number of hydrogen-bond acceptors (Lipinski definition) is 5. The average Bonchev–Trinajstić information content (AvgIpc) is 2.82. The van der Waals surface area contributed by atoms with Crippen molar-refractivity contribution in [3.8, 4) is 0 Å². The summed E-state index contributed by atoms with van der Waals surface area (Å²) in [6.45, 7) is 1.60. The maximum atomic E-state index is 12.4. The van der Waals surface area contributed by atoms with E-state index >= 15 is 0 Å². The van der Waals surface area contributed by atoms with Crippen LogP contribution >= 0.6 is 0 Å². The summed E-state index contributed by atoms with van der Waals surface area (Å²) in [4.78, 5) is 35.2. The molecule has 1 heterocycles. The minimum absolute atomic E-state index is 0.108. The fourth-order valence-electron chi connectivity index (χ4n) is 2.40. The number of carbonyl (C=O) groups excluding carboxylic acids is 1. The number of nitrogens with zero attached hydrogens (tertiary/aromatic N) is 2. The van der Waals surface area contributed by atoms with Gasteiger partial charge in [-0.1, -0.05) is 6.07 Å². The molecule has 1 saturated heterocycles. The van der Waals surface area contributed by atoms with Gasteiger partial charge in [0, 0.05) is 30.3 Å². The lowest BCUT2D eigenvalue weighted by molar-refractivity contribution is -0.385. The summed E-state index contributed by atoms with van der Waals surface area (Å²) in [5, 5.41) is 20.0. The molecule has 0 aliphatic carbocycles. The number of aliphatic carboxylic acids is 1. The van der Waals surface area contributed by atoms with E-state index in [4.69, 9.17) is 10.8 Å². The summed E-state index contributed by atoms with van der Waals surface area (Å²) in [7, 11) is 0. The van der Waals surface area contributed by atoms with Crippen LogP contribution in [-0.2, 0) is 4.79 Å². The van der Waals surface area contributed by atoms with E-state index in [9.17, 15) is 19.7 Å². The Morgan fingerprint density at radius 1 is 1.48 bits per heavy atom. The average molecular weight is 293 g/mol. The van der Waals surface area contributed by atoms with Crippen LogP contribution < -0.4 is 5.73 Å². The first-order chi connectivity index (χ1) is 9.76. The molecule has 1 amide bonds. The topological polar surface area (TPSA) is 127 Å². The number of nitrogens with two attached hydrogens (primary N) is 1. The van der Waals surface area contributed by atoms with Crippen LogP contribution in [0.15, 0.2) is 18.2 Å². The van der Waals surface area contributed by atoms with E-state index in [-0.39, 0.29) is 36.3 Å². The molecule has 0 bridgehead atoms. The molecule has 8 nitrogen and oxygen atoms in total. The molecule has 0 saturated carbocycles. The Bertz CT molecular complexity index is 630. The number of carboxylic acid groups (broad SMARTS) is 1. The Hall–Kier alpha value is -2.48. The highest BCUT2D eigenvalue weighted by atomic mass is 16.6. The molecule has 3 N–H and O–H groups in total. The zero-order valence-corrected chi connectivity index (χ0v) is 11.4. The number of nitro benzene ring substituents is 1. The van der Waals surface area contributed by atoms with E-state index in [1.165, 1.54) is 30.0 Å². The largest absolute Gasteiger partial charge is 0.480 e. The van der Waals surface area contributed by atoms with Crippen molar-refractivity contribution in [1.29, 1.82) is 0 Å². The predicted octanol–water partition coefficient (Wildman–Crippen LogP) is 0.531. The molecule has 0 spiro atoms. The zero-order chi connectivity index (χ0) is 15.8. The molecule has 21 heavy (non-hydrogen) atoms. The third kappa shape index (κ3) is 2.57. The molecule has 1 unspecified atom stereocenters. The smallest absolute Gasteiger partial charge is 0.325 e. The van der Waals surface area contributed by atoms with E-state index < -0.39 is 22.3 Å². The van der Waals surface area contributed by atoms with Crippen molar-refractivity contribution >= 4 is 17.6 Å². The third-order valence-electron chi connectivity index (χ3n) is 3.75. The van der Waals surface area contributed by atoms with Gasteiger partial charge in [-0.2, -0.15) is 0 Å². The van der Waals surface area contributed by atoms with Gasteiger partial charge in [0.2, 0.25) is 0 Å². The Balaban J connectivity index is 2.29. The molecule has 1 aromatic rings. The SMILES string of the molecule is Cc1c(C(=O)N2CCC(N)(C(=O)O)C2)cccc1[N+](=O)[O-]. The van der Waals surface area contributed by atoms with Gasteiger partial charge in [0.1, 0.15) is 5.54 Å². The lowest BCUT2D eigenvalue weighted by Crippen LogP contribution is -2.50. The molecule has 8 heteroatoms. The normalized spacial score (nSPS) is 21.3. The first-order valence-electron chi connectivity index (χ1n) is 6.32. The standard InChI is InChI=1S/C13H15N3O5/c1-8-9(3-2-4-10(8)16(20)21)11(17)15-6-5-13(14,7-15)12(18)19/h2-4H,5-7,14H2,1H3,(H,18,19). The van der Waals surface area contributed by atoms with Gasteiger partial charge in [-0.3, -0.25) is 19.7 Å². The molecule has 1 fully saturated rings. The number of hydrogen-bond donors (Lipinski definition) is 2. The molecule has 1 aromatic carbocycles. The second-order valence-electron chi connectivity index (χ2n) is 5.14. The van der Waals surface area contributed by atoms with Gasteiger partial charge in [-0.15, -0.1) is 0 Å². The molecule has 112 valence electrons. The number of nitro groups is 1. The zero-order valence-electron chi connectivity index (χ0n) is 11.4. The Morgan fingerprint density at radius 2 is 2.14 bits per heavy atom. The summed E-state index contributed by atoms with van der Waals surface area (Å²) in [6, 6.07) is 4.24. The van der Waals surface area contributed by atoms with E-state index in [1.54, 1.807) is 0 Å². The number of rotatable bonds is 3. The summed E-state index contributed by atoms with van der Waals surface area (Å²) < 4.78 is 0. The highest BCUT2D eigenvalue weighted by Gasteiger charge is 2.43. The number of benzene rings is 1. The Labute approximate surface area is 120 Å². The van der Waals surface area contributed by atoms with Gasteiger partial charge < -0.3 is 15.7 Å². The lowest BCUT2D eigenvalue weighted by Gasteiger charge is -2.20. The van der Waals surface area contributed by atoms with Gasteiger partial charge in [0.05, 0.1) is 4.92 Å². The third-order valence-corrected chi connectivity index (χ3v) is 3.75. The highest BCUT2D eigenvalue weighted by Crippen LogP contribution is 2.25. The summed E-state index contributed by atoms with van der Waals surface area (Å²) in [5.74, 6) is -1.60. The lowest BCUT2D eigenvalue weighted by atomic mass is 10.0. The van der Waals surface area contributed by atoms with Crippen LogP contribution in [0, 0.1) is 17.0 Å². The van der Waals surface area contributed by atoms with Crippen molar-refractivity contribution < 1.29 is 19.6 Å². The first-order valence-corrected chi connectivity index (χ1v) is 6.32. The second kappa shape index (κ2) is 5.13. The van der Waals surface area contributed by atoms with Crippen LogP contribution in [0.3, 0.4) is 0 Å². The molecule has 1 atom stereocenters. The fraction of sp³-hybridized carbons (Fsp3) is 0.385. The molecule has 1 aliphatic heterocycles. The van der Waals surface area contributed by atoms with Crippen molar-refractivity contribution in [2.45, 2.75) is 18.9 Å². The van der Waals surface area contributed by atoms with Crippen molar-refractivity contribution in [2.75, 3.05) is 13.1 Å². The van der Waals surface area contributed by atoms with Crippen molar-refractivity contribution in [3.63, 3.8) is 0 Å². The number of carbonyl (C=O) groups is 2. The van der Waals surface area contributed by atoms with E-state index in [1.807, 2.05) is 0 Å². The Kier molecular flexibility index (Phi) is 3.65. The van der Waals surface area contributed by atoms with Crippen LogP contribution in [-0.4, -0.2) is 45.4 Å². The van der Waals surface area contributed by atoms with Crippen LogP contribution in [0.1, 0.15) is 22.3 Å². The summed E-state index contributed by atoms with van der Waals surface area (Å²) in [6.07, 6.45) is 0.155. The monoisotopic (exact) mass is 293 g/mol.